The number of hydrogen-bond donors (Lipinski definition) is 2. The van der Waals surface area contributed by atoms with Gasteiger partial charge in [0.2, 0.25) is 0 Å². The zero-order valence-corrected chi connectivity index (χ0v) is 22.5. The molecule has 1 aliphatic rings. The molecule has 0 bridgehead atoms. The Morgan fingerprint density at radius 2 is 1.54 bits per heavy atom. The van der Waals surface area contributed by atoms with Gasteiger partial charge in [0, 0.05) is 29.3 Å². The predicted molar refractivity (Wildman–Crippen MR) is 154 cm³/mol. The summed E-state index contributed by atoms with van der Waals surface area (Å²) in [5, 5.41) is 15.3. The van der Waals surface area contributed by atoms with Gasteiger partial charge in [-0.2, -0.15) is 0 Å². The number of benzene rings is 3. The molecule has 0 saturated carbocycles. The lowest BCUT2D eigenvalue weighted by molar-refractivity contribution is -0.0862. The van der Waals surface area contributed by atoms with Gasteiger partial charge < -0.3 is 10.1 Å². The van der Waals surface area contributed by atoms with Crippen molar-refractivity contribution in [1.29, 1.82) is 10.8 Å². The fraction of sp³-hybridized carbons (Fsp3) is 0.394. The van der Waals surface area contributed by atoms with Crippen LogP contribution < -0.4 is 0 Å². The Labute approximate surface area is 222 Å². The van der Waals surface area contributed by atoms with Crippen molar-refractivity contribution in [3.63, 3.8) is 0 Å². The highest BCUT2D eigenvalue weighted by atomic mass is 16.5. The minimum atomic E-state index is -0.120. The number of likely N-dealkylation sites (tertiary alicyclic amines) is 1. The van der Waals surface area contributed by atoms with Crippen molar-refractivity contribution in [2.24, 2.45) is 5.41 Å². The first-order chi connectivity index (χ1) is 17.9. The fourth-order valence-electron chi connectivity index (χ4n) is 5.94. The van der Waals surface area contributed by atoms with Crippen LogP contribution >= 0.6 is 0 Å². The van der Waals surface area contributed by atoms with Gasteiger partial charge in [-0.15, -0.1) is 0 Å². The maximum Gasteiger partial charge on any atom is 0.0881 e. The number of ether oxygens (including phenoxy) is 1. The predicted octanol–water partition coefficient (Wildman–Crippen LogP) is 7.43. The topological polar surface area (TPSA) is 60.2 Å². The summed E-state index contributed by atoms with van der Waals surface area (Å²) in [6.07, 6.45) is 5.51. The molecule has 1 heterocycles. The SMILES string of the molecule is CCOC(c1ccccc1)C1(CCc2ccccc2)CCN(C(C)(C)c2ccc(C(=N)C=N)cc2)CC1. The van der Waals surface area contributed by atoms with Crippen LogP contribution in [0.3, 0.4) is 0 Å². The van der Waals surface area contributed by atoms with Crippen molar-refractivity contribution in [1.82, 2.24) is 4.90 Å². The van der Waals surface area contributed by atoms with Crippen LogP contribution in [0, 0.1) is 16.2 Å². The largest absolute Gasteiger partial charge is 0.373 e. The third kappa shape index (κ3) is 6.08. The third-order valence-electron chi connectivity index (χ3n) is 8.34. The van der Waals surface area contributed by atoms with E-state index in [9.17, 15) is 0 Å². The molecule has 0 aromatic heterocycles. The molecule has 3 aromatic rings. The molecule has 3 aromatic carbocycles. The van der Waals surface area contributed by atoms with E-state index < -0.39 is 0 Å². The minimum Gasteiger partial charge on any atom is -0.373 e. The van der Waals surface area contributed by atoms with E-state index in [2.05, 4.69) is 98.5 Å². The molecule has 0 spiro atoms. The van der Waals surface area contributed by atoms with Crippen LogP contribution in [0.4, 0.5) is 0 Å². The molecule has 0 amide bonds. The lowest BCUT2D eigenvalue weighted by Gasteiger charge is -2.51. The molecule has 0 radical (unpaired) electrons. The molecule has 4 rings (SSSR count). The van der Waals surface area contributed by atoms with Crippen LogP contribution in [0.2, 0.25) is 0 Å². The highest BCUT2D eigenvalue weighted by Gasteiger charge is 2.45. The van der Waals surface area contributed by atoms with E-state index in [1.54, 1.807) is 0 Å². The second-order valence-corrected chi connectivity index (χ2v) is 10.8. The Bertz CT molecular complexity index is 1150. The second kappa shape index (κ2) is 12.0. The standard InChI is InChI=1S/C33H41N3O/c1-4-37-31(28-13-9-6-10-14-28)33(20-19-26-11-7-5-8-12-26)21-23-36(24-22-33)32(2,3)29-17-15-27(16-18-29)30(35)25-34/h5-18,25,31,34-35H,4,19-24H2,1-3H3. The normalized spacial score (nSPS) is 16.7. The van der Waals surface area contributed by atoms with E-state index in [1.807, 2.05) is 12.1 Å². The third-order valence-corrected chi connectivity index (χ3v) is 8.34. The molecule has 4 nitrogen and oxygen atoms in total. The summed E-state index contributed by atoms with van der Waals surface area (Å²) >= 11 is 0. The first-order valence-electron chi connectivity index (χ1n) is 13.5. The highest BCUT2D eigenvalue weighted by molar-refractivity contribution is 6.35. The molecule has 194 valence electrons. The van der Waals surface area contributed by atoms with Gasteiger partial charge in [0.25, 0.3) is 0 Å². The minimum absolute atomic E-state index is 0.0721. The summed E-state index contributed by atoms with van der Waals surface area (Å²) in [5.74, 6) is 0. The van der Waals surface area contributed by atoms with E-state index in [0.717, 1.165) is 50.6 Å². The van der Waals surface area contributed by atoms with Gasteiger partial charge in [-0.25, -0.2) is 0 Å². The number of aryl methyl sites for hydroxylation is 1. The van der Waals surface area contributed by atoms with Crippen LogP contribution in [0.15, 0.2) is 84.9 Å². The molecule has 1 saturated heterocycles. The highest BCUT2D eigenvalue weighted by Crippen LogP contribution is 2.50. The van der Waals surface area contributed by atoms with Crippen molar-refractivity contribution in [3.8, 4) is 0 Å². The summed E-state index contributed by atoms with van der Waals surface area (Å²) < 4.78 is 6.55. The zero-order chi connectivity index (χ0) is 26.3. The number of rotatable bonds is 11. The number of hydrogen-bond acceptors (Lipinski definition) is 4. The molecule has 1 fully saturated rings. The molecule has 4 heteroatoms. The Kier molecular flexibility index (Phi) is 8.73. The smallest absolute Gasteiger partial charge is 0.0881 e. The van der Waals surface area contributed by atoms with Crippen LogP contribution in [0.5, 0.6) is 0 Å². The molecule has 1 aliphatic heterocycles. The second-order valence-electron chi connectivity index (χ2n) is 10.8. The van der Waals surface area contributed by atoms with Crippen LogP contribution in [0.1, 0.15) is 68.4 Å². The molecule has 0 aliphatic carbocycles. The zero-order valence-electron chi connectivity index (χ0n) is 22.5. The Balaban J connectivity index is 1.58. The summed E-state index contributed by atoms with van der Waals surface area (Å²) in [5.41, 5.74) is 4.91. The van der Waals surface area contributed by atoms with E-state index in [0.29, 0.717) is 6.61 Å². The Morgan fingerprint density at radius 1 is 0.946 bits per heavy atom. The summed E-state index contributed by atoms with van der Waals surface area (Å²) in [4.78, 5) is 2.61. The van der Waals surface area contributed by atoms with Gasteiger partial charge in [-0.1, -0.05) is 84.9 Å². The van der Waals surface area contributed by atoms with Gasteiger partial charge in [0.15, 0.2) is 0 Å². The van der Waals surface area contributed by atoms with E-state index in [4.69, 9.17) is 15.6 Å². The van der Waals surface area contributed by atoms with Crippen molar-refractivity contribution >= 4 is 11.9 Å². The number of nitrogens with zero attached hydrogens (tertiary/aromatic N) is 1. The molecule has 37 heavy (non-hydrogen) atoms. The van der Waals surface area contributed by atoms with Crippen molar-refractivity contribution < 1.29 is 4.74 Å². The molecule has 2 N–H and O–H groups in total. The monoisotopic (exact) mass is 495 g/mol. The lowest BCUT2D eigenvalue weighted by Crippen LogP contribution is -2.50. The van der Waals surface area contributed by atoms with Crippen molar-refractivity contribution in [2.75, 3.05) is 19.7 Å². The summed E-state index contributed by atoms with van der Waals surface area (Å²) in [7, 11) is 0. The van der Waals surface area contributed by atoms with Gasteiger partial charge in [-0.3, -0.25) is 10.3 Å². The number of nitrogens with one attached hydrogen (secondary N) is 2. The first-order valence-corrected chi connectivity index (χ1v) is 13.5. The Hall–Kier alpha value is -3.08. The molecule has 1 atom stereocenters. The van der Waals surface area contributed by atoms with Crippen LogP contribution in [0.25, 0.3) is 0 Å². The van der Waals surface area contributed by atoms with E-state index in [-0.39, 0.29) is 22.8 Å². The molecule has 1 unspecified atom stereocenters. The quantitative estimate of drug-likeness (QED) is 0.272. The molecular formula is C33H41N3O. The van der Waals surface area contributed by atoms with E-state index in [1.165, 1.54) is 16.7 Å². The van der Waals surface area contributed by atoms with Gasteiger partial charge in [0.1, 0.15) is 0 Å². The average Bonchev–Trinajstić information content (AvgIpc) is 2.95. The van der Waals surface area contributed by atoms with Crippen LogP contribution in [-0.4, -0.2) is 36.5 Å². The number of piperidine rings is 1. The summed E-state index contributed by atoms with van der Waals surface area (Å²) in [6, 6.07) is 29.8. The van der Waals surface area contributed by atoms with Crippen molar-refractivity contribution in [3.05, 3.63) is 107 Å². The maximum absolute atomic E-state index is 7.93. The van der Waals surface area contributed by atoms with E-state index >= 15 is 0 Å². The van der Waals surface area contributed by atoms with Gasteiger partial charge >= 0.3 is 0 Å². The molecular weight excluding hydrogens is 454 g/mol. The Morgan fingerprint density at radius 3 is 2.11 bits per heavy atom. The summed E-state index contributed by atoms with van der Waals surface area (Å²) in [6.45, 7) is 9.45. The lowest BCUT2D eigenvalue weighted by atomic mass is 9.67. The van der Waals surface area contributed by atoms with Gasteiger partial charge in [0.05, 0.1) is 11.8 Å². The van der Waals surface area contributed by atoms with Crippen LogP contribution in [-0.2, 0) is 16.7 Å². The maximum atomic E-state index is 7.93. The fourth-order valence-corrected chi connectivity index (χ4v) is 5.94. The van der Waals surface area contributed by atoms with Crippen molar-refractivity contribution in [2.45, 2.75) is 58.1 Å². The first kappa shape index (κ1) is 27.0. The average molecular weight is 496 g/mol. The van der Waals surface area contributed by atoms with Gasteiger partial charge in [-0.05, 0) is 76.2 Å².